The highest BCUT2D eigenvalue weighted by molar-refractivity contribution is 5.94. The Kier molecular flexibility index (Phi) is 13.0. The Bertz CT molecular complexity index is 641. The molecule has 13 heteroatoms. The molecular weight excluding hydrogens is 412 g/mol. The first kappa shape index (κ1) is 28.2. The number of rotatable bonds is 15. The maximum absolute atomic E-state index is 12.7. The summed E-state index contributed by atoms with van der Waals surface area (Å²) in [5.41, 5.74) is 16.0. The summed E-state index contributed by atoms with van der Waals surface area (Å²) in [4.78, 5) is 59.3. The molecule has 13 nitrogen and oxygen atoms in total. The molecule has 0 bridgehead atoms. The summed E-state index contributed by atoms with van der Waals surface area (Å²) >= 11 is 0. The number of nitrogens with two attached hydrogens (primary N) is 3. The minimum Gasteiger partial charge on any atom is -0.480 e. The van der Waals surface area contributed by atoms with Crippen molar-refractivity contribution in [3.63, 3.8) is 0 Å². The number of carboxylic acids is 1. The zero-order chi connectivity index (χ0) is 24.1. The zero-order valence-corrected chi connectivity index (χ0v) is 17.8. The Morgan fingerprint density at radius 3 is 1.90 bits per heavy atom. The van der Waals surface area contributed by atoms with Crippen LogP contribution in [-0.4, -0.2) is 76.6 Å². The molecule has 0 fully saturated rings. The lowest BCUT2D eigenvalue weighted by atomic mass is 10.1. The van der Waals surface area contributed by atoms with Crippen LogP contribution in [0.5, 0.6) is 0 Å². The van der Waals surface area contributed by atoms with Gasteiger partial charge in [0.1, 0.15) is 18.1 Å². The van der Waals surface area contributed by atoms with Gasteiger partial charge >= 0.3 is 5.97 Å². The molecule has 0 aromatic carbocycles. The van der Waals surface area contributed by atoms with Crippen LogP contribution in [-0.2, 0) is 24.0 Å². The molecule has 0 aliphatic heterocycles. The van der Waals surface area contributed by atoms with Crippen molar-refractivity contribution < 1.29 is 34.2 Å². The van der Waals surface area contributed by atoms with Gasteiger partial charge in [-0.15, -0.1) is 0 Å². The number of primary amides is 1. The van der Waals surface area contributed by atoms with E-state index in [1.165, 1.54) is 13.8 Å². The van der Waals surface area contributed by atoms with Crippen molar-refractivity contribution in [1.29, 1.82) is 0 Å². The topological polar surface area (TPSA) is 240 Å². The Hall–Kier alpha value is -2.77. The second kappa shape index (κ2) is 14.3. The maximum Gasteiger partial charge on any atom is 0.326 e. The fourth-order valence-corrected chi connectivity index (χ4v) is 2.53. The molecular formula is C18H34N6O7. The van der Waals surface area contributed by atoms with Gasteiger partial charge in [-0.1, -0.05) is 0 Å². The van der Waals surface area contributed by atoms with Crippen LogP contribution >= 0.6 is 0 Å². The maximum atomic E-state index is 12.7. The molecule has 31 heavy (non-hydrogen) atoms. The van der Waals surface area contributed by atoms with Gasteiger partial charge < -0.3 is 43.4 Å². The van der Waals surface area contributed by atoms with E-state index in [-0.39, 0.29) is 19.3 Å². The number of amides is 4. The third-order valence-electron chi connectivity index (χ3n) is 4.35. The third-order valence-corrected chi connectivity index (χ3v) is 4.35. The van der Waals surface area contributed by atoms with Crippen molar-refractivity contribution in [2.45, 2.75) is 76.2 Å². The Balaban J connectivity index is 5.31. The van der Waals surface area contributed by atoms with Gasteiger partial charge in [-0.3, -0.25) is 19.2 Å². The summed E-state index contributed by atoms with van der Waals surface area (Å²) in [7, 11) is 0. The van der Waals surface area contributed by atoms with Crippen molar-refractivity contribution in [1.82, 2.24) is 16.0 Å². The van der Waals surface area contributed by atoms with Crippen molar-refractivity contribution in [3.8, 4) is 0 Å². The molecule has 0 aliphatic rings. The Morgan fingerprint density at radius 2 is 1.45 bits per heavy atom. The lowest BCUT2D eigenvalue weighted by Gasteiger charge is -2.26. The van der Waals surface area contributed by atoms with Crippen molar-refractivity contribution in [2.75, 3.05) is 6.54 Å². The monoisotopic (exact) mass is 446 g/mol. The fraction of sp³-hybridized carbons (Fsp3) is 0.722. The summed E-state index contributed by atoms with van der Waals surface area (Å²) in [5, 5.41) is 26.1. The number of aliphatic hydroxyl groups is 1. The minimum absolute atomic E-state index is 0.214. The second-order valence-electron chi connectivity index (χ2n) is 7.27. The van der Waals surface area contributed by atoms with E-state index < -0.39 is 59.9 Å². The molecule has 5 unspecified atom stereocenters. The largest absolute Gasteiger partial charge is 0.480 e. The summed E-state index contributed by atoms with van der Waals surface area (Å²) in [5.74, 6) is -4.46. The smallest absolute Gasteiger partial charge is 0.326 e. The van der Waals surface area contributed by atoms with Crippen LogP contribution in [0.25, 0.3) is 0 Å². The standard InChI is InChI=1S/C18H34N6O7/c1-9(20)15(27)22-11(5-3-4-8-19)16(28)24-14(10(2)25)17(29)23-12(18(30)31)6-7-13(21)26/h9-12,14,25H,3-8,19-20H2,1-2H3,(H2,21,26)(H,22,27)(H,23,29)(H,24,28)(H,30,31). The van der Waals surface area contributed by atoms with Crippen LogP contribution < -0.4 is 33.2 Å². The lowest BCUT2D eigenvalue weighted by molar-refractivity contribution is -0.143. The normalized spacial score (nSPS) is 15.6. The van der Waals surface area contributed by atoms with E-state index in [1.807, 2.05) is 0 Å². The molecule has 0 aliphatic carbocycles. The van der Waals surface area contributed by atoms with E-state index in [1.54, 1.807) is 0 Å². The number of carbonyl (C=O) groups is 5. The molecule has 0 heterocycles. The van der Waals surface area contributed by atoms with Crippen LogP contribution in [0, 0.1) is 0 Å². The third kappa shape index (κ3) is 11.3. The van der Waals surface area contributed by atoms with Crippen LogP contribution in [0.4, 0.5) is 0 Å². The molecule has 0 aromatic heterocycles. The molecule has 5 atom stereocenters. The number of hydrogen-bond donors (Lipinski definition) is 8. The van der Waals surface area contributed by atoms with E-state index in [0.717, 1.165) is 0 Å². The van der Waals surface area contributed by atoms with Gasteiger partial charge in [-0.2, -0.15) is 0 Å². The van der Waals surface area contributed by atoms with Gasteiger partial charge in [0, 0.05) is 6.42 Å². The SMILES string of the molecule is CC(N)C(=O)NC(CCCCN)C(=O)NC(C(=O)NC(CCC(N)=O)C(=O)O)C(C)O. The first-order valence-electron chi connectivity index (χ1n) is 9.96. The molecule has 0 saturated carbocycles. The predicted octanol–water partition coefficient (Wildman–Crippen LogP) is -3.35. The molecule has 0 aromatic rings. The highest BCUT2D eigenvalue weighted by atomic mass is 16.4. The van der Waals surface area contributed by atoms with Gasteiger partial charge in [0.15, 0.2) is 0 Å². The summed E-state index contributed by atoms with van der Waals surface area (Å²) in [6, 6.07) is -4.87. The van der Waals surface area contributed by atoms with Gasteiger partial charge in [0.2, 0.25) is 23.6 Å². The molecule has 4 amide bonds. The average Bonchev–Trinajstić information content (AvgIpc) is 2.67. The number of hydrogen-bond acceptors (Lipinski definition) is 8. The molecule has 0 rings (SSSR count). The molecule has 11 N–H and O–H groups in total. The fourth-order valence-electron chi connectivity index (χ4n) is 2.53. The molecule has 0 spiro atoms. The van der Waals surface area contributed by atoms with Gasteiger partial charge in [-0.05, 0) is 46.1 Å². The zero-order valence-electron chi connectivity index (χ0n) is 17.8. The van der Waals surface area contributed by atoms with E-state index in [0.29, 0.717) is 19.4 Å². The second-order valence-corrected chi connectivity index (χ2v) is 7.27. The summed E-state index contributed by atoms with van der Waals surface area (Å²) in [6.45, 7) is 3.05. The summed E-state index contributed by atoms with van der Waals surface area (Å²) in [6.07, 6.45) is -0.612. The first-order valence-corrected chi connectivity index (χ1v) is 9.96. The number of nitrogens with one attached hydrogen (secondary N) is 3. The van der Waals surface area contributed by atoms with Gasteiger partial charge in [-0.25, -0.2) is 4.79 Å². The van der Waals surface area contributed by atoms with Crippen molar-refractivity contribution in [2.24, 2.45) is 17.2 Å². The number of aliphatic hydroxyl groups excluding tert-OH is 1. The summed E-state index contributed by atoms with van der Waals surface area (Å²) < 4.78 is 0. The van der Waals surface area contributed by atoms with E-state index in [4.69, 9.17) is 17.2 Å². The van der Waals surface area contributed by atoms with E-state index in [9.17, 15) is 34.2 Å². The predicted molar refractivity (Wildman–Crippen MR) is 110 cm³/mol. The number of unbranched alkanes of at least 4 members (excludes halogenated alkanes) is 1. The molecule has 0 radical (unpaired) electrons. The number of aliphatic carboxylic acids is 1. The lowest BCUT2D eigenvalue weighted by Crippen LogP contribution is -2.59. The van der Waals surface area contributed by atoms with Crippen molar-refractivity contribution >= 4 is 29.6 Å². The molecule has 0 saturated heterocycles. The van der Waals surface area contributed by atoms with Crippen LogP contribution in [0.1, 0.15) is 46.0 Å². The van der Waals surface area contributed by atoms with Gasteiger partial charge in [0.25, 0.3) is 0 Å². The van der Waals surface area contributed by atoms with Gasteiger partial charge in [0.05, 0.1) is 12.1 Å². The van der Waals surface area contributed by atoms with Crippen LogP contribution in [0.15, 0.2) is 0 Å². The highest BCUT2D eigenvalue weighted by Crippen LogP contribution is 2.05. The van der Waals surface area contributed by atoms with E-state index in [2.05, 4.69) is 16.0 Å². The minimum atomic E-state index is -1.51. The van der Waals surface area contributed by atoms with Crippen molar-refractivity contribution in [3.05, 3.63) is 0 Å². The van der Waals surface area contributed by atoms with E-state index >= 15 is 0 Å². The Labute approximate surface area is 180 Å². The number of carboxylic acid groups (broad SMARTS) is 1. The quantitative estimate of drug-likeness (QED) is 0.117. The average molecular weight is 447 g/mol. The number of carbonyl (C=O) groups excluding carboxylic acids is 4. The van der Waals surface area contributed by atoms with Crippen LogP contribution in [0.2, 0.25) is 0 Å². The highest BCUT2D eigenvalue weighted by Gasteiger charge is 2.32. The Morgan fingerprint density at radius 1 is 0.871 bits per heavy atom. The molecule has 178 valence electrons. The first-order chi connectivity index (χ1) is 14.4. The van der Waals surface area contributed by atoms with Crippen LogP contribution in [0.3, 0.4) is 0 Å².